The van der Waals surface area contributed by atoms with Gasteiger partial charge in [-0.2, -0.15) is 0 Å². The quantitative estimate of drug-likeness (QED) is 0.809. The van der Waals surface area contributed by atoms with Crippen molar-refractivity contribution in [3.8, 4) is 0 Å². The van der Waals surface area contributed by atoms with Crippen LogP contribution < -0.4 is 5.32 Å². The second kappa shape index (κ2) is 7.01. The van der Waals surface area contributed by atoms with E-state index in [2.05, 4.69) is 19.2 Å². The van der Waals surface area contributed by atoms with Gasteiger partial charge in [0.2, 0.25) is 0 Å². The summed E-state index contributed by atoms with van der Waals surface area (Å²) in [7, 11) is 0. The van der Waals surface area contributed by atoms with Gasteiger partial charge in [-0.25, -0.2) is 8.78 Å². The maximum atomic E-state index is 13.7. The molecule has 1 nitrogen and oxygen atoms in total. The number of nitrogens with one attached hydrogen (secondary N) is 1. The number of halogens is 3. The van der Waals surface area contributed by atoms with Crippen LogP contribution in [0.25, 0.3) is 0 Å². The van der Waals surface area contributed by atoms with Gasteiger partial charge in [0.15, 0.2) is 11.6 Å². The Kier molecular flexibility index (Phi) is 5.32. The van der Waals surface area contributed by atoms with E-state index in [4.69, 9.17) is 11.6 Å². The minimum atomic E-state index is -0.818. The predicted molar refractivity (Wildman–Crippen MR) is 82.2 cm³/mol. The van der Waals surface area contributed by atoms with Crippen molar-refractivity contribution in [2.24, 2.45) is 5.92 Å². The van der Waals surface area contributed by atoms with E-state index < -0.39 is 11.6 Å². The molecule has 0 spiro atoms. The molecule has 4 heteroatoms. The monoisotopic (exact) mass is 309 g/mol. The van der Waals surface area contributed by atoms with E-state index in [0.717, 1.165) is 11.6 Å². The molecule has 0 amide bonds. The van der Waals surface area contributed by atoms with Crippen molar-refractivity contribution in [1.82, 2.24) is 5.32 Å². The average molecular weight is 310 g/mol. The van der Waals surface area contributed by atoms with E-state index in [1.165, 1.54) is 6.07 Å². The fourth-order valence-electron chi connectivity index (χ4n) is 2.31. The molecule has 0 heterocycles. The number of hydrogen-bond acceptors (Lipinski definition) is 1. The van der Waals surface area contributed by atoms with Crippen LogP contribution >= 0.6 is 11.6 Å². The van der Waals surface area contributed by atoms with Crippen LogP contribution in [0.2, 0.25) is 5.02 Å². The van der Waals surface area contributed by atoms with Crippen molar-refractivity contribution >= 4 is 11.6 Å². The smallest absolute Gasteiger partial charge is 0.163 e. The zero-order valence-corrected chi connectivity index (χ0v) is 12.8. The minimum Gasteiger partial charge on any atom is -0.306 e. The normalized spacial score (nSPS) is 12.7. The standard InChI is InChI=1S/C17H18ClF2N/c1-11(2)17(12-6-8-14(18)9-7-12)21-10-13-4-3-5-15(19)16(13)20/h3-9,11,17,21H,10H2,1-2H3. The molecule has 1 unspecified atom stereocenters. The highest BCUT2D eigenvalue weighted by molar-refractivity contribution is 6.30. The van der Waals surface area contributed by atoms with Crippen molar-refractivity contribution in [3.63, 3.8) is 0 Å². The summed E-state index contributed by atoms with van der Waals surface area (Å²) >= 11 is 5.90. The third kappa shape index (κ3) is 4.02. The summed E-state index contributed by atoms with van der Waals surface area (Å²) in [5.41, 5.74) is 1.40. The Hall–Kier alpha value is -1.45. The summed E-state index contributed by atoms with van der Waals surface area (Å²) in [6.07, 6.45) is 0. The van der Waals surface area contributed by atoms with Gasteiger partial charge in [-0.05, 0) is 29.7 Å². The van der Waals surface area contributed by atoms with Gasteiger partial charge < -0.3 is 5.32 Å². The van der Waals surface area contributed by atoms with E-state index >= 15 is 0 Å². The minimum absolute atomic E-state index is 0.0462. The first-order valence-corrected chi connectivity index (χ1v) is 7.28. The van der Waals surface area contributed by atoms with Crippen LogP contribution in [0.5, 0.6) is 0 Å². The third-order valence-electron chi connectivity index (χ3n) is 3.44. The molecule has 0 radical (unpaired) electrons. The molecule has 2 rings (SSSR count). The first-order valence-electron chi connectivity index (χ1n) is 6.90. The summed E-state index contributed by atoms with van der Waals surface area (Å²) in [6.45, 7) is 4.43. The molecule has 112 valence electrons. The van der Waals surface area contributed by atoms with Gasteiger partial charge in [0.05, 0.1) is 0 Å². The first-order chi connectivity index (χ1) is 9.99. The molecule has 0 aliphatic rings. The largest absolute Gasteiger partial charge is 0.306 e. The summed E-state index contributed by atoms with van der Waals surface area (Å²) < 4.78 is 26.9. The van der Waals surface area contributed by atoms with Gasteiger partial charge in [-0.3, -0.25) is 0 Å². The Morgan fingerprint density at radius 3 is 2.33 bits per heavy atom. The molecule has 21 heavy (non-hydrogen) atoms. The van der Waals surface area contributed by atoms with Crippen LogP contribution in [0, 0.1) is 17.6 Å². The molecular weight excluding hydrogens is 292 g/mol. The summed E-state index contributed by atoms with van der Waals surface area (Å²) in [6, 6.07) is 11.8. The van der Waals surface area contributed by atoms with E-state index in [9.17, 15) is 8.78 Å². The summed E-state index contributed by atoms with van der Waals surface area (Å²) in [4.78, 5) is 0. The molecular formula is C17H18ClF2N. The zero-order chi connectivity index (χ0) is 15.4. The molecule has 0 aliphatic carbocycles. The topological polar surface area (TPSA) is 12.0 Å². The van der Waals surface area contributed by atoms with Crippen molar-refractivity contribution in [3.05, 3.63) is 70.2 Å². The second-order valence-corrected chi connectivity index (χ2v) is 5.80. The number of hydrogen-bond donors (Lipinski definition) is 1. The van der Waals surface area contributed by atoms with Gasteiger partial charge >= 0.3 is 0 Å². The summed E-state index contributed by atoms with van der Waals surface area (Å²) in [5.74, 6) is -1.30. The van der Waals surface area contributed by atoms with Gasteiger partial charge in [0, 0.05) is 23.2 Å². The maximum Gasteiger partial charge on any atom is 0.163 e. The van der Waals surface area contributed by atoms with Crippen molar-refractivity contribution in [1.29, 1.82) is 0 Å². The highest BCUT2D eigenvalue weighted by Gasteiger charge is 2.16. The summed E-state index contributed by atoms with van der Waals surface area (Å²) in [5, 5.41) is 3.97. The Morgan fingerprint density at radius 2 is 1.71 bits per heavy atom. The Balaban J connectivity index is 2.14. The third-order valence-corrected chi connectivity index (χ3v) is 3.69. The number of benzene rings is 2. The molecule has 0 aromatic heterocycles. The molecule has 0 aliphatic heterocycles. The van der Waals surface area contributed by atoms with E-state index in [0.29, 0.717) is 16.5 Å². The molecule has 0 saturated heterocycles. The lowest BCUT2D eigenvalue weighted by molar-refractivity contribution is 0.403. The molecule has 1 N–H and O–H groups in total. The van der Waals surface area contributed by atoms with E-state index in [1.54, 1.807) is 6.07 Å². The Morgan fingerprint density at radius 1 is 1.05 bits per heavy atom. The lowest BCUT2D eigenvalue weighted by Gasteiger charge is -2.23. The first kappa shape index (κ1) is 15.9. The fraction of sp³-hybridized carbons (Fsp3) is 0.294. The van der Waals surface area contributed by atoms with Gasteiger partial charge in [-0.15, -0.1) is 0 Å². The SMILES string of the molecule is CC(C)C(NCc1cccc(F)c1F)c1ccc(Cl)cc1. The van der Waals surface area contributed by atoms with Gasteiger partial charge in [-0.1, -0.05) is 49.7 Å². The molecule has 0 fully saturated rings. The average Bonchev–Trinajstić information content (AvgIpc) is 2.45. The molecule has 2 aromatic carbocycles. The molecule has 2 aromatic rings. The zero-order valence-electron chi connectivity index (χ0n) is 12.0. The van der Waals surface area contributed by atoms with Crippen molar-refractivity contribution in [2.75, 3.05) is 0 Å². The highest BCUT2D eigenvalue weighted by Crippen LogP contribution is 2.24. The van der Waals surface area contributed by atoms with E-state index in [1.807, 2.05) is 24.3 Å². The predicted octanol–water partition coefficient (Wildman–Crippen LogP) is 5.11. The van der Waals surface area contributed by atoms with Gasteiger partial charge in [0.25, 0.3) is 0 Å². The van der Waals surface area contributed by atoms with Crippen LogP contribution in [0.3, 0.4) is 0 Å². The van der Waals surface area contributed by atoms with Crippen LogP contribution in [-0.2, 0) is 6.54 Å². The van der Waals surface area contributed by atoms with Crippen molar-refractivity contribution in [2.45, 2.75) is 26.4 Å². The van der Waals surface area contributed by atoms with Crippen LogP contribution in [0.1, 0.15) is 31.0 Å². The molecule has 0 bridgehead atoms. The Labute approximate surface area is 128 Å². The maximum absolute atomic E-state index is 13.7. The second-order valence-electron chi connectivity index (χ2n) is 5.37. The van der Waals surface area contributed by atoms with E-state index in [-0.39, 0.29) is 12.6 Å². The van der Waals surface area contributed by atoms with Crippen molar-refractivity contribution < 1.29 is 8.78 Å². The lowest BCUT2D eigenvalue weighted by Crippen LogP contribution is -2.25. The van der Waals surface area contributed by atoms with Gasteiger partial charge in [0.1, 0.15) is 0 Å². The molecule has 1 atom stereocenters. The van der Waals surface area contributed by atoms with Crippen LogP contribution in [-0.4, -0.2) is 0 Å². The fourth-order valence-corrected chi connectivity index (χ4v) is 2.44. The van der Waals surface area contributed by atoms with Crippen LogP contribution in [0.15, 0.2) is 42.5 Å². The number of rotatable bonds is 5. The van der Waals surface area contributed by atoms with Crippen LogP contribution in [0.4, 0.5) is 8.78 Å². The Bertz CT molecular complexity index is 596. The lowest BCUT2D eigenvalue weighted by atomic mass is 9.96. The molecule has 0 saturated carbocycles. The highest BCUT2D eigenvalue weighted by atomic mass is 35.5.